The van der Waals surface area contributed by atoms with Crippen molar-refractivity contribution in [3.63, 3.8) is 0 Å². The molecule has 0 radical (unpaired) electrons. The molecular formula is C9H16N4O3S. The summed E-state index contributed by atoms with van der Waals surface area (Å²) >= 11 is 0. The van der Waals surface area contributed by atoms with Crippen LogP contribution in [0.15, 0.2) is 11.2 Å². The number of hydrogen-bond donors (Lipinski definition) is 3. The Labute approximate surface area is 100 Å². The van der Waals surface area contributed by atoms with Gasteiger partial charge in [0.05, 0.1) is 18.3 Å². The Bertz CT molecular complexity index is 484. The molecule has 1 aromatic heterocycles. The summed E-state index contributed by atoms with van der Waals surface area (Å²) in [7, 11) is -1.99. The molecule has 3 N–H and O–H groups in total. The van der Waals surface area contributed by atoms with E-state index in [0.717, 1.165) is 0 Å². The quantitative estimate of drug-likeness (QED) is 0.644. The first-order chi connectivity index (χ1) is 8.03. The number of aryl methyl sites for hydroxylation is 1. The van der Waals surface area contributed by atoms with Crippen LogP contribution in [0.4, 0.5) is 0 Å². The third-order valence-corrected chi connectivity index (χ3v) is 4.14. The molecule has 0 aliphatic carbocycles. The number of aromatic amines is 1. The van der Waals surface area contributed by atoms with Gasteiger partial charge < -0.3 is 15.0 Å². The molecule has 2 heterocycles. The fourth-order valence-electron chi connectivity index (χ4n) is 1.82. The highest BCUT2D eigenvalue weighted by Crippen LogP contribution is 2.10. The van der Waals surface area contributed by atoms with Crippen LogP contribution in [0.5, 0.6) is 0 Å². The average molecular weight is 260 g/mol. The van der Waals surface area contributed by atoms with Crippen LogP contribution in [0, 0.1) is 6.92 Å². The van der Waals surface area contributed by atoms with Crippen LogP contribution < -0.4 is 10.0 Å². The molecule has 96 valence electrons. The van der Waals surface area contributed by atoms with E-state index < -0.39 is 10.0 Å². The second-order valence-electron chi connectivity index (χ2n) is 3.99. The Morgan fingerprint density at radius 3 is 2.88 bits per heavy atom. The first-order valence-corrected chi connectivity index (χ1v) is 6.78. The van der Waals surface area contributed by atoms with Crippen molar-refractivity contribution >= 4 is 10.0 Å². The van der Waals surface area contributed by atoms with Gasteiger partial charge in [0.15, 0.2) is 5.03 Å². The van der Waals surface area contributed by atoms with E-state index in [0.29, 0.717) is 18.9 Å². The summed E-state index contributed by atoms with van der Waals surface area (Å²) in [6.07, 6.45) is 1.16. The largest absolute Gasteiger partial charge is 0.378 e. The van der Waals surface area contributed by atoms with Crippen molar-refractivity contribution in [1.82, 2.24) is 20.0 Å². The molecule has 8 heteroatoms. The third kappa shape index (κ3) is 2.65. The Morgan fingerprint density at radius 1 is 1.53 bits per heavy atom. The number of rotatable bonds is 4. The predicted molar refractivity (Wildman–Crippen MR) is 61.1 cm³/mol. The summed E-state index contributed by atoms with van der Waals surface area (Å²) < 4.78 is 31.8. The average Bonchev–Trinajstić information content (AvgIpc) is 2.86. The van der Waals surface area contributed by atoms with Crippen LogP contribution in [-0.4, -0.2) is 50.7 Å². The molecule has 0 bridgehead atoms. The van der Waals surface area contributed by atoms with E-state index in [4.69, 9.17) is 4.74 Å². The smallest absolute Gasteiger partial charge is 0.258 e. The van der Waals surface area contributed by atoms with Crippen LogP contribution in [0.3, 0.4) is 0 Å². The summed E-state index contributed by atoms with van der Waals surface area (Å²) in [5, 5.41) is 3.16. The van der Waals surface area contributed by atoms with Crippen LogP contribution in [-0.2, 0) is 14.8 Å². The van der Waals surface area contributed by atoms with E-state index in [1.807, 2.05) is 0 Å². The lowest BCUT2D eigenvalue weighted by atomic mass is 10.2. The van der Waals surface area contributed by atoms with Gasteiger partial charge in [-0.1, -0.05) is 0 Å². The highest BCUT2D eigenvalue weighted by atomic mass is 32.2. The molecule has 0 aromatic carbocycles. The minimum atomic E-state index is -3.55. The second-order valence-corrected chi connectivity index (χ2v) is 5.68. The van der Waals surface area contributed by atoms with E-state index >= 15 is 0 Å². The van der Waals surface area contributed by atoms with Gasteiger partial charge >= 0.3 is 0 Å². The van der Waals surface area contributed by atoms with Gasteiger partial charge in [-0.05, 0) is 6.92 Å². The lowest BCUT2D eigenvalue weighted by Gasteiger charge is -2.17. The maximum Gasteiger partial charge on any atom is 0.258 e. The molecule has 0 saturated carbocycles. The molecule has 1 aliphatic heterocycles. The van der Waals surface area contributed by atoms with E-state index in [1.165, 1.54) is 6.20 Å². The maximum absolute atomic E-state index is 12.0. The Balaban J connectivity index is 2.12. The van der Waals surface area contributed by atoms with Crippen molar-refractivity contribution in [2.45, 2.75) is 24.1 Å². The number of sulfonamides is 1. The van der Waals surface area contributed by atoms with Crippen LogP contribution in [0.2, 0.25) is 0 Å². The number of imidazole rings is 1. The summed E-state index contributed by atoms with van der Waals surface area (Å²) in [4.78, 5) is 6.58. The zero-order valence-corrected chi connectivity index (χ0v) is 10.5. The van der Waals surface area contributed by atoms with Gasteiger partial charge in [-0.25, -0.2) is 18.1 Å². The Hall–Kier alpha value is -0.960. The highest BCUT2D eigenvalue weighted by molar-refractivity contribution is 7.89. The summed E-state index contributed by atoms with van der Waals surface area (Å²) in [5.74, 6) is 0.568. The van der Waals surface area contributed by atoms with Gasteiger partial charge in [0, 0.05) is 20.2 Å². The lowest BCUT2D eigenvalue weighted by Crippen LogP contribution is -2.43. The predicted octanol–water partition coefficient (Wildman–Crippen LogP) is -1.02. The zero-order chi connectivity index (χ0) is 12.5. The minimum absolute atomic E-state index is 0.0803. The van der Waals surface area contributed by atoms with E-state index in [2.05, 4.69) is 20.0 Å². The van der Waals surface area contributed by atoms with Crippen molar-refractivity contribution in [3.8, 4) is 0 Å². The van der Waals surface area contributed by atoms with E-state index in [-0.39, 0.29) is 17.2 Å². The first-order valence-electron chi connectivity index (χ1n) is 5.30. The maximum atomic E-state index is 12.0. The molecule has 1 saturated heterocycles. The van der Waals surface area contributed by atoms with Gasteiger partial charge in [0.2, 0.25) is 0 Å². The number of nitrogens with zero attached hydrogens (tertiary/aromatic N) is 1. The molecule has 1 aliphatic rings. The molecule has 1 aromatic rings. The number of methoxy groups -OCH3 is 1. The van der Waals surface area contributed by atoms with Gasteiger partial charge in [-0.2, -0.15) is 0 Å². The molecule has 0 amide bonds. The van der Waals surface area contributed by atoms with Crippen LogP contribution >= 0.6 is 0 Å². The summed E-state index contributed by atoms with van der Waals surface area (Å²) in [5.41, 5.74) is 0. The molecular weight excluding hydrogens is 244 g/mol. The van der Waals surface area contributed by atoms with Crippen LogP contribution in [0.25, 0.3) is 0 Å². The zero-order valence-electron chi connectivity index (χ0n) is 9.73. The fourth-order valence-corrected chi connectivity index (χ4v) is 3.05. The lowest BCUT2D eigenvalue weighted by molar-refractivity contribution is 0.103. The van der Waals surface area contributed by atoms with E-state index in [1.54, 1.807) is 14.0 Å². The number of hydrogen-bond acceptors (Lipinski definition) is 5. The Kier molecular flexibility index (Phi) is 3.48. The van der Waals surface area contributed by atoms with Crippen molar-refractivity contribution in [3.05, 3.63) is 12.0 Å². The van der Waals surface area contributed by atoms with Crippen molar-refractivity contribution in [1.29, 1.82) is 0 Å². The van der Waals surface area contributed by atoms with Crippen molar-refractivity contribution in [2.75, 3.05) is 20.2 Å². The van der Waals surface area contributed by atoms with Crippen molar-refractivity contribution in [2.24, 2.45) is 0 Å². The molecule has 0 spiro atoms. The molecule has 2 atom stereocenters. The topological polar surface area (TPSA) is 96.1 Å². The Morgan fingerprint density at radius 2 is 2.29 bits per heavy atom. The number of aromatic nitrogens is 2. The summed E-state index contributed by atoms with van der Waals surface area (Å²) in [6.45, 7) is 2.91. The monoisotopic (exact) mass is 260 g/mol. The fraction of sp³-hybridized carbons (Fsp3) is 0.667. The number of nitrogens with one attached hydrogen (secondary N) is 3. The highest BCUT2D eigenvalue weighted by Gasteiger charge is 2.31. The first kappa shape index (κ1) is 12.5. The SMILES string of the molecule is CO[C@H]1CNCC1NS(=O)(=O)c1cnc(C)[nH]1. The summed E-state index contributed by atoms with van der Waals surface area (Å²) in [6, 6.07) is -0.256. The van der Waals surface area contributed by atoms with Gasteiger partial charge in [-0.3, -0.25) is 0 Å². The molecule has 2 rings (SSSR count). The van der Waals surface area contributed by atoms with E-state index in [9.17, 15) is 8.42 Å². The minimum Gasteiger partial charge on any atom is -0.378 e. The number of H-pyrrole nitrogens is 1. The molecule has 7 nitrogen and oxygen atoms in total. The second kappa shape index (κ2) is 4.73. The third-order valence-electron chi connectivity index (χ3n) is 2.74. The van der Waals surface area contributed by atoms with Crippen LogP contribution in [0.1, 0.15) is 5.82 Å². The van der Waals surface area contributed by atoms with Gasteiger partial charge in [-0.15, -0.1) is 0 Å². The standard InChI is InChI=1S/C9H16N4O3S/c1-6-11-5-9(12-6)17(14,15)13-7-3-10-4-8(7)16-2/h5,7-8,10,13H,3-4H2,1-2H3,(H,11,12)/t7?,8-/m0/s1. The number of ether oxygens (including phenoxy) is 1. The molecule has 17 heavy (non-hydrogen) atoms. The molecule has 1 fully saturated rings. The van der Waals surface area contributed by atoms with Crippen molar-refractivity contribution < 1.29 is 13.2 Å². The van der Waals surface area contributed by atoms with Gasteiger partial charge in [0.25, 0.3) is 10.0 Å². The molecule has 1 unspecified atom stereocenters. The van der Waals surface area contributed by atoms with Gasteiger partial charge in [0.1, 0.15) is 5.82 Å². The normalized spacial score (nSPS) is 25.3.